The van der Waals surface area contributed by atoms with Gasteiger partial charge in [0.1, 0.15) is 0 Å². The number of carbonyl (C=O) groups excluding carboxylic acids is 1. The quantitative estimate of drug-likeness (QED) is 0.715. The molecule has 0 atom stereocenters. The summed E-state index contributed by atoms with van der Waals surface area (Å²) < 4.78 is 4.61. The third-order valence-corrected chi connectivity index (χ3v) is 0.985. The van der Waals surface area contributed by atoms with E-state index in [1.165, 1.54) is 6.92 Å². The van der Waals surface area contributed by atoms with Crippen molar-refractivity contribution in [3.05, 3.63) is 0 Å². The molecule has 0 aromatic rings. The molecule has 0 spiro atoms. The van der Waals surface area contributed by atoms with E-state index in [1.807, 2.05) is 27.7 Å². The number of carbonyl (C=O) groups is 2. The minimum absolute atomic E-state index is 0.0255. The molecule has 0 aliphatic heterocycles. The largest absolute Gasteiger partial charge is 0.481 e. The zero-order valence-corrected chi connectivity index (χ0v) is 9.53. The lowest BCUT2D eigenvalue weighted by Crippen LogP contribution is -2.06. The molecule has 1 N–H and O–H groups in total. The van der Waals surface area contributed by atoms with Gasteiger partial charge < -0.3 is 9.84 Å². The lowest BCUT2D eigenvalue weighted by molar-refractivity contribution is -0.144. The SMILES string of the molecule is CC(=O)OC(C)C.CC(C)CC(=O)O. The van der Waals surface area contributed by atoms with Crippen LogP contribution in [0.1, 0.15) is 41.0 Å². The summed E-state index contributed by atoms with van der Waals surface area (Å²) in [5.41, 5.74) is 0. The van der Waals surface area contributed by atoms with Crippen molar-refractivity contribution in [2.24, 2.45) is 5.92 Å². The van der Waals surface area contributed by atoms with Crippen molar-refractivity contribution in [1.82, 2.24) is 0 Å². The van der Waals surface area contributed by atoms with Crippen molar-refractivity contribution in [2.45, 2.75) is 47.1 Å². The molecule has 84 valence electrons. The number of carboxylic acids is 1. The first-order chi connectivity index (χ1) is 6.25. The van der Waals surface area contributed by atoms with Crippen LogP contribution in [0.2, 0.25) is 0 Å². The summed E-state index contributed by atoms with van der Waals surface area (Å²) in [4.78, 5) is 19.8. The Morgan fingerprint density at radius 3 is 1.64 bits per heavy atom. The Labute approximate surface area is 85.3 Å². The Bertz CT molecular complexity index is 153. The van der Waals surface area contributed by atoms with Gasteiger partial charge in [-0.05, 0) is 19.8 Å². The molecule has 0 fully saturated rings. The van der Waals surface area contributed by atoms with Gasteiger partial charge in [-0.25, -0.2) is 0 Å². The summed E-state index contributed by atoms with van der Waals surface area (Å²) >= 11 is 0. The molecule has 0 aromatic carbocycles. The zero-order chi connectivity index (χ0) is 11.7. The molecule has 0 aliphatic rings. The van der Waals surface area contributed by atoms with E-state index in [4.69, 9.17) is 5.11 Å². The maximum atomic E-state index is 10.0. The Morgan fingerprint density at radius 2 is 1.64 bits per heavy atom. The molecule has 0 rings (SSSR count). The van der Waals surface area contributed by atoms with Crippen molar-refractivity contribution in [1.29, 1.82) is 0 Å². The second-order valence-electron chi connectivity index (χ2n) is 3.65. The Kier molecular flexibility index (Phi) is 9.40. The fourth-order valence-electron chi connectivity index (χ4n) is 0.681. The highest BCUT2D eigenvalue weighted by atomic mass is 16.5. The first-order valence-corrected chi connectivity index (χ1v) is 4.64. The maximum absolute atomic E-state index is 10.0. The third kappa shape index (κ3) is 22.4. The molecule has 4 nitrogen and oxygen atoms in total. The second kappa shape index (κ2) is 8.53. The van der Waals surface area contributed by atoms with Crippen molar-refractivity contribution < 1.29 is 19.4 Å². The predicted octanol–water partition coefficient (Wildman–Crippen LogP) is 2.07. The number of esters is 1. The average Bonchev–Trinajstić information content (AvgIpc) is 1.79. The number of rotatable bonds is 3. The lowest BCUT2D eigenvalue weighted by Gasteiger charge is -2.01. The van der Waals surface area contributed by atoms with E-state index in [2.05, 4.69) is 4.74 Å². The van der Waals surface area contributed by atoms with Crippen LogP contribution in [0.25, 0.3) is 0 Å². The molecular weight excluding hydrogens is 184 g/mol. The van der Waals surface area contributed by atoms with Gasteiger partial charge >= 0.3 is 11.9 Å². The van der Waals surface area contributed by atoms with Crippen LogP contribution in [0.3, 0.4) is 0 Å². The standard InChI is InChI=1S/2C5H10O2/c1-4(2)7-5(3)6;1-4(2)3-5(6)7/h4H,1-3H3;4H,3H2,1-2H3,(H,6,7). The van der Waals surface area contributed by atoms with Crippen LogP contribution >= 0.6 is 0 Å². The van der Waals surface area contributed by atoms with Crippen LogP contribution in [-0.2, 0) is 14.3 Å². The molecule has 4 heteroatoms. The molecule has 0 amide bonds. The Hall–Kier alpha value is -1.06. The Balaban J connectivity index is 0. The van der Waals surface area contributed by atoms with Gasteiger partial charge in [-0.15, -0.1) is 0 Å². The topological polar surface area (TPSA) is 63.6 Å². The smallest absolute Gasteiger partial charge is 0.303 e. The van der Waals surface area contributed by atoms with Gasteiger partial charge in [0.05, 0.1) is 6.10 Å². The molecular formula is C10H20O4. The lowest BCUT2D eigenvalue weighted by atomic mass is 10.1. The molecule has 0 aliphatic carbocycles. The normalized spacial score (nSPS) is 9.36. The number of hydrogen-bond acceptors (Lipinski definition) is 3. The number of hydrogen-bond donors (Lipinski definition) is 1. The van der Waals surface area contributed by atoms with Gasteiger partial charge in [0, 0.05) is 13.3 Å². The van der Waals surface area contributed by atoms with Crippen LogP contribution < -0.4 is 0 Å². The van der Waals surface area contributed by atoms with Crippen LogP contribution in [0.4, 0.5) is 0 Å². The van der Waals surface area contributed by atoms with Gasteiger partial charge in [-0.3, -0.25) is 9.59 Å². The van der Waals surface area contributed by atoms with Crippen molar-refractivity contribution in [3.8, 4) is 0 Å². The van der Waals surface area contributed by atoms with Crippen molar-refractivity contribution in [2.75, 3.05) is 0 Å². The summed E-state index contributed by atoms with van der Waals surface area (Å²) in [6.45, 7) is 8.81. The number of aliphatic carboxylic acids is 1. The van der Waals surface area contributed by atoms with Crippen molar-refractivity contribution >= 4 is 11.9 Å². The van der Waals surface area contributed by atoms with Gasteiger partial charge in [0.15, 0.2) is 0 Å². The summed E-state index contributed by atoms with van der Waals surface area (Å²) in [6.07, 6.45) is 0.303. The monoisotopic (exact) mass is 204 g/mol. The highest BCUT2D eigenvalue weighted by Gasteiger charge is 1.98. The van der Waals surface area contributed by atoms with E-state index in [-0.39, 0.29) is 24.4 Å². The molecule has 0 bridgehead atoms. The minimum atomic E-state index is -0.713. The summed E-state index contributed by atoms with van der Waals surface area (Å²) in [5.74, 6) is -0.650. The fraction of sp³-hybridized carbons (Fsp3) is 0.800. The van der Waals surface area contributed by atoms with E-state index in [0.29, 0.717) is 0 Å². The fourth-order valence-corrected chi connectivity index (χ4v) is 0.681. The van der Waals surface area contributed by atoms with Crippen molar-refractivity contribution in [3.63, 3.8) is 0 Å². The van der Waals surface area contributed by atoms with Crippen LogP contribution in [-0.4, -0.2) is 23.1 Å². The summed E-state index contributed by atoms with van der Waals surface area (Å²) in [7, 11) is 0. The summed E-state index contributed by atoms with van der Waals surface area (Å²) in [5, 5.41) is 8.08. The molecule has 0 unspecified atom stereocenters. The van der Waals surface area contributed by atoms with E-state index >= 15 is 0 Å². The molecule has 0 radical (unpaired) electrons. The van der Waals surface area contributed by atoms with Crippen LogP contribution in [0, 0.1) is 5.92 Å². The molecule has 0 saturated heterocycles. The van der Waals surface area contributed by atoms with E-state index in [0.717, 1.165) is 0 Å². The van der Waals surface area contributed by atoms with Crippen LogP contribution in [0.15, 0.2) is 0 Å². The van der Waals surface area contributed by atoms with E-state index < -0.39 is 5.97 Å². The second-order valence-corrected chi connectivity index (χ2v) is 3.65. The van der Waals surface area contributed by atoms with Gasteiger partial charge in [-0.1, -0.05) is 13.8 Å². The van der Waals surface area contributed by atoms with Gasteiger partial charge in [0.2, 0.25) is 0 Å². The average molecular weight is 204 g/mol. The van der Waals surface area contributed by atoms with E-state index in [1.54, 1.807) is 0 Å². The highest BCUT2D eigenvalue weighted by Crippen LogP contribution is 1.96. The molecule has 0 aromatic heterocycles. The van der Waals surface area contributed by atoms with E-state index in [9.17, 15) is 9.59 Å². The summed E-state index contributed by atoms with van der Waals surface area (Å²) in [6, 6.07) is 0. The molecule has 14 heavy (non-hydrogen) atoms. The Morgan fingerprint density at radius 1 is 1.21 bits per heavy atom. The number of ether oxygens (including phenoxy) is 1. The first kappa shape index (κ1) is 15.4. The highest BCUT2D eigenvalue weighted by molar-refractivity contribution is 5.66. The predicted molar refractivity (Wildman–Crippen MR) is 54.0 cm³/mol. The minimum Gasteiger partial charge on any atom is -0.481 e. The third-order valence-electron chi connectivity index (χ3n) is 0.985. The van der Waals surface area contributed by atoms with Crippen LogP contribution in [0.5, 0.6) is 0 Å². The maximum Gasteiger partial charge on any atom is 0.303 e. The first-order valence-electron chi connectivity index (χ1n) is 4.64. The number of carboxylic acid groups (broad SMARTS) is 1. The molecule has 0 saturated carbocycles. The van der Waals surface area contributed by atoms with Gasteiger partial charge in [-0.2, -0.15) is 0 Å². The van der Waals surface area contributed by atoms with Gasteiger partial charge in [0.25, 0.3) is 0 Å². The zero-order valence-electron chi connectivity index (χ0n) is 9.53. The molecule has 0 heterocycles.